The highest BCUT2D eigenvalue weighted by atomic mass is 35.5. The van der Waals surface area contributed by atoms with Crippen LogP contribution in [0.3, 0.4) is 0 Å². The number of aromatic nitrogens is 2. The number of benzene rings is 2. The Morgan fingerprint density at radius 3 is 2.46 bits per heavy atom. The first-order valence-electron chi connectivity index (χ1n) is 7.72. The second-order valence-electron chi connectivity index (χ2n) is 5.55. The molecule has 7 nitrogen and oxygen atoms in total. The molecule has 26 heavy (non-hydrogen) atoms. The molecule has 3 aromatic rings. The first-order chi connectivity index (χ1) is 12.4. The Bertz CT molecular complexity index is 1010. The molecule has 0 spiro atoms. The largest absolute Gasteiger partial charge is 0.452 e. The van der Waals surface area contributed by atoms with Crippen molar-refractivity contribution in [2.45, 2.75) is 13.8 Å². The van der Waals surface area contributed by atoms with Gasteiger partial charge in [0.25, 0.3) is 0 Å². The van der Waals surface area contributed by atoms with E-state index in [1.807, 2.05) is 6.92 Å². The lowest BCUT2D eigenvalue weighted by atomic mass is 10.1. The summed E-state index contributed by atoms with van der Waals surface area (Å²) in [5, 5.41) is 4.52. The fourth-order valence-electron chi connectivity index (χ4n) is 2.61. The molecule has 0 atom stereocenters. The third-order valence-electron chi connectivity index (χ3n) is 3.77. The number of carbonyl (C=O) groups excluding carboxylic acids is 1. The molecule has 0 bridgehead atoms. The standard InChI is InChI=1S/C18H16ClN3O4/c1-11-10-15(22-18(24)26-17(20-22)25-3)8-9-16(11)21(12(2)23)14-6-4-13(19)5-7-14/h4-10H,1-3H3. The van der Waals surface area contributed by atoms with Crippen molar-refractivity contribution in [3.05, 3.63) is 63.6 Å². The summed E-state index contributed by atoms with van der Waals surface area (Å²) in [7, 11) is 1.36. The number of rotatable bonds is 4. The van der Waals surface area contributed by atoms with Gasteiger partial charge < -0.3 is 9.15 Å². The highest BCUT2D eigenvalue weighted by Crippen LogP contribution is 2.30. The third-order valence-corrected chi connectivity index (χ3v) is 4.02. The van der Waals surface area contributed by atoms with Crippen molar-refractivity contribution in [3.8, 4) is 11.8 Å². The lowest BCUT2D eigenvalue weighted by Gasteiger charge is -2.23. The quantitative estimate of drug-likeness (QED) is 0.699. The van der Waals surface area contributed by atoms with Crippen LogP contribution in [0.2, 0.25) is 5.02 Å². The van der Waals surface area contributed by atoms with Crippen LogP contribution in [0.4, 0.5) is 11.4 Å². The second-order valence-corrected chi connectivity index (χ2v) is 5.99. The van der Waals surface area contributed by atoms with Crippen LogP contribution < -0.4 is 15.4 Å². The average molecular weight is 374 g/mol. The Morgan fingerprint density at radius 1 is 1.23 bits per heavy atom. The number of hydrogen-bond acceptors (Lipinski definition) is 5. The molecule has 1 aromatic heterocycles. The Balaban J connectivity index is 2.04. The van der Waals surface area contributed by atoms with E-state index >= 15 is 0 Å². The van der Waals surface area contributed by atoms with Crippen LogP contribution in [0.1, 0.15) is 12.5 Å². The molecule has 0 aliphatic heterocycles. The summed E-state index contributed by atoms with van der Waals surface area (Å²) in [6.07, 6.45) is -0.122. The van der Waals surface area contributed by atoms with Gasteiger partial charge >= 0.3 is 11.8 Å². The number of anilines is 2. The molecular formula is C18H16ClN3O4. The minimum Gasteiger partial charge on any atom is -0.452 e. The summed E-state index contributed by atoms with van der Waals surface area (Å²) < 4.78 is 10.8. The molecule has 0 fully saturated rings. The number of ether oxygens (including phenoxy) is 1. The van der Waals surface area contributed by atoms with Crippen molar-refractivity contribution in [1.29, 1.82) is 0 Å². The fourth-order valence-corrected chi connectivity index (χ4v) is 2.74. The first-order valence-corrected chi connectivity index (χ1v) is 8.10. The van der Waals surface area contributed by atoms with Crippen LogP contribution in [0, 0.1) is 6.92 Å². The van der Waals surface area contributed by atoms with Crippen LogP contribution in [-0.4, -0.2) is 22.8 Å². The van der Waals surface area contributed by atoms with Crippen molar-refractivity contribution in [1.82, 2.24) is 9.78 Å². The molecule has 0 N–H and O–H groups in total. The summed E-state index contributed by atoms with van der Waals surface area (Å²) in [6, 6.07) is 12.1. The minimum atomic E-state index is -0.657. The maximum absolute atomic E-state index is 12.2. The monoisotopic (exact) mass is 373 g/mol. The molecule has 2 aromatic carbocycles. The van der Waals surface area contributed by atoms with Gasteiger partial charge in [-0.2, -0.15) is 4.68 Å². The summed E-state index contributed by atoms with van der Waals surface area (Å²) >= 11 is 5.93. The van der Waals surface area contributed by atoms with Gasteiger partial charge in [0.1, 0.15) is 0 Å². The first kappa shape index (κ1) is 17.8. The van der Waals surface area contributed by atoms with E-state index in [-0.39, 0.29) is 12.0 Å². The van der Waals surface area contributed by atoms with Gasteiger partial charge in [0.05, 0.1) is 18.5 Å². The normalized spacial score (nSPS) is 10.6. The Labute approximate surface area is 154 Å². The Morgan fingerprint density at radius 2 is 1.92 bits per heavy atom. The number of aryl methyl sites for hydroxylation is 1. The van der Waals surface area contributed by atoms with E-state index in [2.05, 4.69) is 5.10 Å². The molecule has 8 heteroatoms. The maximum Gasteiger partial charge on any atom is 0.444 e. The Kier molecular flexibility index (Phi) is 4.81. The Hall–Kier alpha value is -3.06. The zero-order valence-corrected chi connectivity index (χ0v) is 15.1. The fraction of sp³-hybridized carbons (Fsp3) is 0.167. The van der Waals surface area contributed by atoms with E-state index in [4.69, 9.17) is 20.8 Å². The molecule has 0 saturated carbocycles. The number of methoxy groups -OCH3 is 1. The van der Waals surface area contributed by atoms with Crippen LogP contribution >= 0.6 is 11.6 Å². The molecule has 0 saturated heterocycles. The number of nitrogens with zero attached hydrogens (tertiary/aromatic N) is 3. The number of halogens is 1. The van der Waals surface area contributed by atoms with E-state index in [1.54, 1.807) is 47.4 Å². The van der Waals surface area contributed by atoms with Crippen LogP contribution in [0.15, 0.2) is 51.7 Å². The number of amides is 1. The van der Waals surface area contributed by atoms with Gasteiger partial charge in [0, 0.05) is 17.6 Å². The van der Waals surface area contributed by atoms with Crippen molar-refractivity contribution < 1.29 is 13.9 Å². The SMILES string of the molecule is COc1nn(-c2ccc(N(C(C)=O)c3ccc(Cl)cc3)c(C)c2)c(=O)o1. The van der Waals surface area contributed by atoms with E-state index in [0.717, 1.165) is 10.2 Å². The molecular weight excluding hydrogens is 358 g/mol. The predicted octanol–water partition coefficient (Wildman–Crippen LogP) is 3.48. The molecule has 1 heterocycles. The molecule has 0 unspecified atom stereocenters. The molecule has 1 amide bonds. The summed E-state index contributed by atoms with van der Waals surface area (Å²) in [6.45, 7) is 3.32. The highest BCUT2D eigenvalue weighted by molar-refractivity contribution is 6.30. The van der Waals surface area contributed by atoms with E-state index in [9.17, 15) is 9.59 Å². The lowest BCUT2D eigenvalue weighted by Crippen LogP contribution is -2.23. The van der Waals surface area contributed by atoms with Crippen molar-refractivity contribution in [2.24, 2.45) is 0 Å². The van der Waals surface area contributed by atoms with Crippen molar-refractivity contribution >= 4 is 28.9 Å². The van der Waals surface area contributed by atoms with Gasteiger partial charge in [-0.3, -0.25) is 9.69 Å². The maximum atomic E-state index is 12.2. The van der Waals surface area contributed by atoms with Gasteiger partial charge in [-0.25, -0.2) is 4.79 Å². The summed E-state index contributed by atoms with van der Waals surface area (Å²) in [5.74, 6) is -0.807. The van der Waals surface area contributed by atoms with Gasteiger partial charge in [0.2, 0.25) is 5.91 Å². The van der Waals surface area contributed by atoms with Crippen LogP contribution in [0.5, 0.6) is 6.08 Å². The van der Waals surface area contributed by atoms with Gasteiger partial charge in [-0.1, -0.05) is 16.7 Å². The van der Waals surface area contributed by atoms with Crippen LogP contribution in [-0.2, 0) is 4.79 Å². The van der Waals surface area contributed by atoms with Crippen LogP contribution in [0.25, 0.3) is 5.69 Å². The van der Waals surface area contributed by atoms with E-state index in [0.29, 0.717) is 22.1 Å². The smallest absolute Gasteiger partial charge is 0.444 e. The molecule has 0 aliphatic rings. The van der Waals surface area contributed by atoms with E-state index in [1.165, 1.54) is 14.0 Å². The zero-order chi connectivity index (χ0) is 18.8. The highest BCUT2D eigenvalue weighted by Gasteiger charge is 2.18. The van der Waals surface area contributed by atoms with E-state index < -0.39 is 5.76 Å². The lowest BCUT2D eigenvalue weighted by molar-refractivity contribution is -0.115. The molecule has 134 valence electrons. The number of hydrogen-bond donors (Lipinski definition) is 0. The number of carbonyl (C=O) groups is 1. The van der Waals surface area contributed by atoms with Crippen molar-refractivity contribution in [2.75, 3.05) is 12.0 Å². The predicted molar refractivity (Wildman–Crippen MR) is 97.7 cm³/mol. The summed E-state index contributed by atoms with van der Waals surface area (Å²) in [5.41, 5.74) is 2.66. The summed E-state index contributed by atoms with van der Waals surface area (Å²) in [4.78, 5) is 25.7. The van der Waals surface area contributed by atoms with Gasteiger partial charge in [-0.15, -0.1) is 0 Å². The topological polar surface area (TPSA) is 77.6 Å². The second kappa shape index (κ2) is 7.05. The molecule has 0 radical (unpaired) electrons. The molecule has 0 aliphatic carbocycles. The minimum absolute atomic E-state index is 0.122. The zero-order valence-electron chi connectivity index (χ0n) is 14.4. The molecule has 3 rings (SSSR count). The van der Waals surface area contributed by atoms with Crippen molar-refractivity contribution in [3.63, 3.8) is 0 Å². The van der Waals surface area contributed by atoms with Gasteiger partial charge in [-0.05, 0) is 55.0 Å². The third kappa shape index (κ3) is 3.34. The average Bonchev–Trinajstić information content (AvgIpc) is 2.99. The van der Waals surface area contributed by atoms with Gasteiger partial charge in [0.15, 0.2) is 0 Å².